The van der Waals surface area contributed by atoms with Gasteiger partial charge in [-0.1, -0.05) is 83.3 Å². The minimum Gasteiger partial charge on any atom is -0.550 e. The fourth-order valence-corrected chi connectivity index (χ4v) is 5.07. The molecule has 0 atom stereocenters. The molecule has 0 aromatic rings. The SMILES string of the molecule is CCCCCCCCCCCCC/C=C/CCC[N+](CCCC(=O)[O-])(CCCC(=O)O)CCCC(=O)O. The molecule has 0 amide bonds. The molecule has 0 saturated heterocycles. The van der Waals surface area contributed by atoms with Crippen LogP contribution in [0.15, 0.2) is 12.2 Å². The number of quaternary nitrogens is 1. The van der Waals surface area contributed by atoms with E-state index in [0.717, 1.165) is 25.8 Å². The number of hydrogen-bond acceptors (Lipinski definition) is 4. The Bertz CT molecular complexity index is 569. The lowest BCUT2D eigenvalue weighted by atomic mass is 10.1. The number of carbonyl (C=O) groups excluding carboxylic acids is 1. The van der Waals surface area contributed by atoms with Gasteiger partial charge < -0.3 is 24.6 Å². The smallest absolute Gasteiger partial charge is 0.303 e. The Morgan fingerprint density at radius 2 is 0.946 bits per heavy atom. The average Bonchev–Trinajstić information content (AvgIpc) is 2.83. The van der Waals surface area contributed by atoms with E-state index in [1.165, 1.54) is 70.6 Å². The van der Waals surface area contributed by atoms with Crippen molar-refractivity contribution < 1.29 is 34.2 Å². The summed E-state index contributed by atoms with van der Waals surface area (Å²) in [6.45, 7) is 4.92. The van der Waals surface area contributed by atoms with Crippen LogP contribution in [-0.4, -0.2) is 58.8 Å². The molecule has 0 unspecified atom stereocenters. The van der Waals surface area contributed by atoms with E-state index in [9.17, 15) is 19.5 Å². The Labute approximate surface area is 225 Å². The van der Waals surface area contributed by atoms with Crippen LogP contribution >= 0.6 is 0 Å². The number of rotatable bonds is 28. The summed E-state index contributed by atoms with van der Waals surface area (Å²) in [5.74, 6) is -2.77. The van der Waals surface area contributed by atoms with Crippen LogP contribution in [0.1, 0.15) is 135 Å². The molecule has 0 aliphatic rings. The second kappa shape index (κ2) is 24.4. The van der Waals surface area contributed by atoms with E-state index in [1.807, 2.05) is 0 Å². The number of aliphatic carboxylic acids is 3. The van der Waals surface area contributed by atoms with Crippen molar-refractivity contribution >= 4 is 17.9 Å². The summed E-state index contributed by atoms with van der Waals surface area (Å²) in [6.07, 6.45) is 23.8. The van der Waals surface area contributed by atoms with E-state index in [0.29, 0.717) is 43.4 Å². The van der Waals surface area contributed by atoms with E-state index < -0.39 is 17.9 Å². The van der Waals surface area contributed by atoms with Crippen molar-refractivity contribution in [3.63, 3.8) is 0 Å². The molecule has 0 saturated carbocycles. The zero-order valence-electron chi connectivity index (χ0n) is 23.6. The van der Waals surface area contributed by atoms with Crippen molar-refractivity contribution in [1.82, 2.24) is 0 Å². The van der Waals surface area contributed by atoms with E-state index >= 15 is 0 Å². The molecule has 0 radical (unpaired) electrons. The van der Waals surface area contributed by atoms with Crippen molar-refractivity contribution in [3.05, 3.63) is 12.2 Å². The summed E-state index contributed by atoms with van der Waals surface area (Å²) in [7, 11) is 0. The Hall–Kier alpha value is -1.89. The molecule has 2 N–H and O–H groups in total. The predicted octanol–water partition coefficient (Wildman–Crippen LogP) is 6.10. The normalized spacial score (nSPS) is 11.8. The zero-order valence-corrected chi connectivity index (χ0v) is 23.6. The van der Waals surface area contributed by atoms with Gasteiger partial charge in [0.2, 0.25) is 0 Å². The van der Waals surface area contributed by atoms with Gasteiger partial charge in [-0.05, 0) is 25.7 Å². The highest BCUT2D eigenvalue weighted by Crippen LogP contribution is 2.17. The molecule has 7 nitrogen and oxygen atoms in total. The van der Waals surface area contributed by atoms with Crippen LogP contribution in [-0.2, 0) is 14.4 Å². The van der Waals surface area contributed by atoms with Gasteiger partial charge in [-0.25, -0.2) is 0 Å². The maximum Gasteiger partial charge on any atom is 0.303 e. The van der Waals surface area contributed by atoms with Crippen molar-refractivity contribution in [2.45, 2.75) is 135 Å². The predicted molar refractivity (Wildman–Crippen MR) is 147 cm³/mol. The first-order valence-corrected chi connectivity index (χ1v) is 14.9. The largest absolute Gasteiger partial charge is 0.550 e. The third-order valence-electron chi connectivity index (χ3n) is 7.20. The van der Waals surface area contributed by atoms with Gasteiger partial charge in [0.25, 0.3) is 0 Å². The van der Waals surface area contributed by atoms with Crippen LogP contribution in [0.2, 0.25) is 0 Å². The zero-order chi connectivity index (χ0) is 27.6. The Kier molecular flexibility index (Phi) is 23.2. The molecule has 7 heteroatoms. The summed E-state index contributed by atoms with van der Waals surface area (Å²) in [5.41, 5.74) is 0. The molecular formula is C30H55NO6. The lowest BCUT2D eigenvalue weighted by molar-refractivity contribution is -0.928. The molecule has 0 heterocycles. The van der Waals surface area contributed by atoms with Gasteiger partial charge in [-0.2, -0.15) is 0 Å². The number of unbranched alkanes of at least 4 members (excludes halogenated alkanes) is 12. The lowest BCUT2D eigenvalue weighted by Crippen LogP contribution is -2.51. The number of carbonyl (C=O) groups is 3. The molecule has 216 valence electrons. The van der Waals surface area contributed by atoms with Crippen LogP contribution in [0, 0.1) is 0 Å². The lowest BCUT2D eigenvalue weighted by Gasteiger charge is -2.39. The Morgan fingerprint density at radius 1 is 0.568 bits per heavy atom. The molecular weight excluding hydrogens is 470 g/mol. The average molecular weight is 526 g/mol. The van der Waals surface area contributed by atoms with Gasteiger partial charge >= 0.3 is 11.9 Å². The Balaban J connectivity index is 4.35. The second-order valence-corrected chi connectivity index (χ2v) is 10.6. The van der Waals surface area contributed by atoms with E-state index in [1.54, 1.807) is 0 Å². The fourth-order valence-electron chi connectivity index (χ4n) is 5.07. The molecule has 0 bridgehead atoms. The van der Waals surface area contributed by atoms with Crippen molar-refractivity contribution in [3.8, 4) is 0 Å². The Morgan fingerprint density at radius 3 is 1.38 bits per heavy atom. The van der Waals surface area contributed by atoms with Crippen LogP contribution in [0.4, 0.5) is 0 Å². The minimum absolute atomic E-state index is 0.0310. The van der Waals surface area contributed by atoms with E-state index in [4.69, 9.17) is 10.2 Å². The van der Waals surface area contributed by atoms with Crippen LogP contribution in [0.5, 0.6) is 0 Å². The topological polar surface area (TPSA) is 115 Å². The first-order chi connectivity index (χ1) is 17.8. The second-order valence-electron chi connectivity index (χ2n) is 10.6. The molecule has 0 aromatic heterocycles. The van der Waals surface area contributed by atoms with Crippen molar-refractivity contribution in [1.29, 1.82) is 0 Å². The number of carboxylic acids is 3. The summed E-state index contributed by atoms with van der Waals surface area (Å²) in [5, 5.41) is 29.0. The number of nitrogens with zero attached hydrogens (tertiary/aromatic N) is 1. The summed E-state index contributed by atoms with van der Waals surface area (Å²) >= 11 is 0. The molecule has 0 aliphatic heterocycles. The minimum atomic E-state index is -1.08. The van der Waals surface area contributed by atoms with Crippen LogP contribution in [0.25, 0.3) is 0 Å². The highest BCUT2D eigenvalue weighted by Gasteiger charge is 2.26. The number of hydrogen-bond donors (Lipinski definition) is 2. The highest BCUT2D eigenvalue weighted by molar-refractivity contribution is 5.66. The molecule has 0 spiro atoms. The molecule has 37 heavy (non-hydrogen) atoms. The number of allylic oxidation sites excluding steroid dienone is 2. The molecule has 0 rings (SSSR count). The summed E-state index contributed by atoms with van der Waals surface area (Å²) in [6, 6.07) is 0. The van der Waals surface area contributed by atoms with Gasteiger partial charge in [-0.3, -0.25) is 9.59 Å². The molecule has 0 fully saturated rings. The van der Waals surface area contributed by atoms with Gasteiger partial charge in [-0.15, -0.1) is 0 Å². The van der Waals surface area contributed by atoms with Gasteiger partial charge in [0.05, 0.1) is 39.0 Å². The van der Waals surface area contributed by atoms with E-state index in [-0.39, 0.29) is 19.3 Å². The van der Waals surface area contributed by atoms with Crippen molar-refractivity contribution in [2.75, 3.05) is 26.2 Å². The first kappa shape index (κ1) is 35.1. The molecule has 0 aliphatic carbocycles. The number of carboxylic acid groups (broad SMARTS) is 3. The fraction of sp³-hybridized carbons (Fsp3) is 0.833. The monoisotopic (exact) mass is 525 g/mol. The van der Waals surface area contributed by atoms with Crippen LogP contribution < -0.4 is 5.11 Å². The quantitative estimate of drug-likeness (QED) is 0.0724. The maximum atomic E-state index is 11.0. The highest BCUT2D eigenvalue weighted by atomic mass is 16.4. The van der Waals surface area contributed by atoms with Gasteiger partial charge in [0, 0.05) is 31.7 Å². The van der Waals surface area contributed by atoms with E-state index in [2.05, 4.69) is 19.1 Å². The van der Waals surface area contributed by atoms with Crippen LogP contribution in [0.3, 0.4) is 0 Å². The third-order valence-corrected chi connectivity index (χ3v) is 7.20. The summed E-state index contributed by atoms with van der Waals surface area (Å²) < 4.78 is 0.584. The third kappa shape index (κ3) is 24.2. The van der Waals surface area contributed by atoms with Gasteiger partial charge in [0.1, 0.15) is 0 Å². The standard InChI is InChI=1S/C30H55NO6/c1-2-3-4-5-6-7-8-9-10-11-12-13-14-15-16-17-24-31(25-18-21-28(32)33,26-19-22-29(34)35)27-20-23-30(36)37/h14-15H,2-13,16-27H2,1H3,(H2-,32,33,34,35,36,37)/b15-14+. The maximum absolute atomic E-state index is 11.0. The first-order valence-electron chi connectivity index (χ1n) is 14.9. The molecule has 0 aromatic carbocycles. The summed E-state index contributed by atoms with van der Waals surface area (Å²) in [4.78, 5) is 33.0. The van der Waals surface area contributed by atoms with Crippen molar-refractivity contribution in [2.24, 2.45) is 0 Å². The van der Waals surface area contributed by atoms with Gasteiger partial charge in [0.15, 0.2) is 0 Å².